The van der Waals surface area contributed by atoms with Crippen LogP contribution in [0.5, 0.6) is 0 Å². The van der Waals surface area contributed by atoms with Gasteiger partial charge in [0.1, 0.15) is 0 Å². The van der Waals surface area contributed by atoms with E-state index in [1.165, 1.54) is 25.8 Å². The predicted octanol–water partition coefficient (Wildman–Crippen LogP) is 1.95. The molecule has 1 aromatic heterocycles. The zero-order valence-electron chi connectivity index (χ0n) is 16.0. The molecule has 0 unspecified atom stereocenters. The van der Waals surface area contributed by atoms with Crippen LogP contribution in [0.1, 0.15) is 37.9 Å². The molecule has 0 radical (unpaired) electrons. The van der Waals surface area contributed by atoms with Gasteiger partial charge in [0.2, 0.25) is 5.89 Å². The number of carboxylic acids is 1. The zero-order valence-corrected chi connectivity index (χ0v) is 16.0. The molecule has 0 bridgehead atoms. The number of hydrogen-bond acceptors (Lipinski definition) is 7. The molecule has 0 saturated carbocycles. The minimum Gasteiger partial charge on any atom is -0.475 e. The van der Waals surface area contributed by atoms with Crippen LogP contribution < -0.4 is 0 Å². The van der Waals surface area contributed by atoms with Gasteiger partial charge in [-0.1, -0.05) is 12.1 Å². The van der Waals surface area contributed by atoms with Gasteiger partial charge in [0.25, 0.3) is 0 Å². The van der Waals surface area contributed by atoms with Gasteiger partial charge in [0.15, 0.2) is 5.82 Å². The summed E-state index contributed by atoms with van der Waals surface area (Å²) in [5.74, 6) is -1.19. The van der Waals surface area contributed by atoms with Crippen LogP contribution in [0.25, 0.3) is 0 Å². The standard InChI is InChI=1S/C15H26N4O2.C2HF3O2/c1-2-14-16-15(21-17-14)12-18-7-4-13(5-8-18)19-6-3-10-20-11-9-19;3-2(4,5)1(6)7/h13H,2-12H2,1H3;(H,6,7). The number of hydrogen-bond donors (Lipinski definition) is 1. The van der Waals surface area contributed by atoms with E-state index in [9.17, 15) is 13.2 Å². The lowest BCUT2D eigenvalue weighted by atomic mass is 10.0. The number of rotatable bonds is 4. The Labute approximate surface area is 161 Å². The summed E-state index contributed by atoms with van der Waals surface area (Å²) in [7, 11) is 0. The van der Waals surface area contributed by atoms with E-state index >= 15 is 0 Å². The number of alkyl halides is 3. The van der Waals surface area contributed by atoms with E-state index in [-0.39, 0.29) is 0 Å². The number of nitrogens with zero attached hydrogens (tertiary/aromatic N) is 4. The molecule has 2 saturated heterocycles. The Bertz CT molecular complexity index is 595. The molecule has 0 aliphatic carbocycles. The Morgan fingerprint density at radius 2 is 1.89 bits per heavy atom. The van der Waals surface area contributed by atoms with Crippen molar-refractivity contribution in [2.24, 2.45) is 0 Å². The highest BCUT2D eigenvalue weighted by atomic mass is 19.4. The van der Waals surface area contributed by atoms with E-state index < -0.39 is 12.1 Å². The molecule has 0 atom stereocenters. The Hall–Kier alpha value is -1.72. The molecule has 8 nitrogen and oxygen atoms in total. The van der Waals surface area contributed by atoms with E-state index in [0.717, 1.165) is 63.6 Å². The molecule has 0 aromatic carbocycles. The fourth-order valence-electron chi connectivity index (χ4n) is 3.26. The summed E-state index contributed by atoms with van der Waals surface area (Å²) in [5.41, 5.74) is 0. The highest BCUT2D eigenvalue weighted by Crippen LogP contribution is 2.19. The minimum absolute atomic E-state index is 0.719. The first-order chi connectivity index (χ1) is 13.3. The van der Waals surface area contributed by atoms with E-state index in [4.69, 9.17) is 19.2 Å². The van der Waals surface area contributed by atoms with Crippen molar-refractivity contribution in [2.45, 2.75) is 51.4 Å². The third-order valence-electron chi connectivity index (χ3n) is 4.76. The topological polar surface area (TPSA) is 91.9 Å². The second-order valence-electron chi connectivity index (χ2n) is 6.77. The molecule has 2 fully saturated rings. The molecule has 2 aliphatic heterocycles. The Morgan fingerprint density at radius 3 is 2.46 bits per heavy atom. The van der Waals surface area contributed by atoms with Crippen LogP contribution in [-0.2, 0) is 22.5 Å². The molecule has 3 heterocycles. The molecule has 0 spiro atoms. The van der Waals surface area contributed by atoms with Crippen LogP contribution in [0.3, 0.4) is 0 Å². The summed E-state index contributed by atoms with van der Waals surface area (Å²) in [4.78, 5) is 18.3. The van der Waals surface area contributed by atoms with Gasteiger partial charge >= 0.3 is 12.1 Å². The molecule has 160 valence electrons. The van der Waals surface area contributed by atoms with Crippen molar-refractivity contribution < 1.29 is 32.3 Å². The molecule has 0 amide bonds. The van der Waals surface area contributed by atoms with Crippen LogP contribution >= 0.6 is 0 Å². The quantitative estimate of drug-likeness (QED) is 0.808. The van der Waals surface area contributed by atoms with Gasteiger partial charge in [-0.25, -0.2) is 4.79 Å². The maximum Gasteiger partial charge on any atom is 0.490 e. The minimum atomic E-state index is -5.08. The number of ether oxygens (including phenoxy) is 1. The van der Waals surface area contributed by atoms with Crippen LogP contribution in [0.2, 0.25) is 0 Å². The van der Waals surface area contributed by atoms with Gasteiger partial charge < -0.3 is 14.4 Å². The molecule has 11 heteroatoms. The molecule has 28 heavy (non-hydrogen) atoms. The Balaban J connectivity index is 0.000000345. The Morgan fingerprint density at radius 1 is 1.21 bits per heavy atom. The van der Waals surface area contributed by atoms with E-state index in [1.807, 2.05) is 6.92 Å². The Kier molecular flexibility index (Phi) is 8.64. The molecular formula is C17H27F3N4O4. The summed E-state index contributed by atoms with van der Waals surface area (Å²) in [6, 6.07) is 0.719. The fraction of sp³-hybridized carbons (Fsp3) is 0.824. The van der Waals surface area contributed by atoms with E-state index in [0.29, 0.717) is 0 Å². The number of aromatic nitrogens is 2. The average molecular weight is 408 g/mol. The molecule has 1 aromatic rings. The fourth-order valence-corrected chi connectivity index (χ4v) is 3.26. The van der Waals surface area contributed by atoms with E-state index in [1.54, 1.807) is 0 Å². The van der Waals surface area contributed by atoms with Crippen molar-refractivity contribution in [1.82, 2.24) is 19.9 Å². The third kappa shape index (κ3) is 7.36. The van der Waals surface area contributed by atoms with Gasteiger partial charge in [-0.05, 0) is 19.3 Å². The largest absolute Gasteiger partial charge is 0.490 e. The van der Waals surface area contributed by atoms with Gasteiger partial charge in [0.05, 0.1) is 13.2 Å². The summed E-state index contributed by atoms with van der Waals surface area (Å²) in [5, 5.41) is 11.1. The molecule has 3 rings (SSSR count). The van der Waals surface area contributed by atoms with Crippen LogP contribution in [-0.4, -0.2) is 82.6 Å². The lowest BCUT2D eigenvalue weighted by molar-refractivity contribution is -0.192. The van der Waals surface area contributed by atoms with Gasteiger partial charge in [-0.15, -0.1) is 0 Å². The van der Waals surface area contributed by atoms with Crippen molar-refractivity contribution in [3.05, 3.63) is 11.7 Å². The van der Waals surface area contributed by atoms with Gasteiger partial charge in [0, 0.05) is 45.2 Å². The third-order valence-corrected chi connectivity index (χ3v) is 4.76. The van der Waals surface area contributed by atoms with Crippen LogP contribution in [0.4, 0.5) is 13.2 Å². The van der Waals surface area contributed by atoms with Crippen molar-refractivity contribution in [1.29, 1.82) is 0 Å². The highest BCUT2D eigenvalue weighted by molar-refractivity contribution is 5.73. The second kappa shape index (κ2) is 10.7. The summed E-state index contributed by atoms with van der Waals surface area (Å²) in [6.07, 6.45) is -0.617. The number of carboxylic acid groups (broad SMARTS) is 1. The lowest BCUT2D eigenvalue weighted by Crippen LogP contribution is -2.45. The average Bonchev–Trinajstić information content (AvgIpc) is 2.93. The number of aryl methyl sites for hydroxylation is 1. The maximum atomic E-state index is 10.6. The van der Waals surface area contributed by atoms with Crippen molar-refractivity contribution in [3.63, 3.8) is 0 Å². The number of likely N-dealkylation sites (tertiary alicyclic amines) is 1. The highest BCUT2D eigenvalue weighted by Gasteiger charge is 2.38. The summed E-state index contributed by atoms with van der Waals surface area (Å²) < 4.78 is 42.6. The van der Waals surface area contributed by atoms with Gasteiger partial charge in [-0.2, -0.15) is 18.2 Å². The SMILES string of the molecule is CCc1noc(CN2CCC(N3CCCOCC3)CC2)n1.O=C(O)C(F)(F)F. The number of aliphatic carboxylic acids is 1. The number of carbonyl (C=O) groups is 1. The first-order valence-electron chi connectivity index (χ1n) is 9.45. The molecular weight excluding hydrogens is 381 g/mol. The van der Waals surface area contributed by atoms with Crippen molar-refractivity contribution >= 4 is 5.97 Å². The van der Waals surface area contributed by atoms with Crippen LogP contribution in [0.15, 0.2) is 4.52 Å². The van der Waals surface area contributed by atoms with E-state index in [2.05, 4.69) is 19.9 Å². The monoisotopic (exact) mass is 408 g/mol. The van der Waals surface area contributed by atoms with Crippen LogP contribution in [0, 0.1) is 0 Å². The molecule has 2 aliphatic rings. The van der Waals surface area contributed by atoms with Crippen molar-refractivity contribution in [3.8, 4) is 0 Å². The van der Waals surface area contributed by atoms with Crippen molar-refractivity contribution in [2.75, 3.05) is 39.4 Å². The van der Waals surface area contributed by atoms with Gasteiger partial charge in [-0.3, -0.25) is 9.80 Å². The first kappa shape index (κ1) is 22.6. The normalized spacial score (nSPS) is 20.3. The number of halogens is 3. The summed E-state index contributed by atoms with van der Waals surface area (Å²) in [6.45, 7) is 9.17. The molecule has 1 N–H and O–H groups in total. The first-order valence-corrected chi connectivity index (χ1v) is 9.45. The smallest absolute Gasteiger partial charge is 0.475 e. The number of piperidine rings is 1. The second-order valence-corrected chi connectivity index (χ2v) is 6.77. The lowest BCUT2D eigenvalue weighted by Gasteiger charge is -2.37. The maximum absolute atomic E-state index is 10.6. The predicted molar refractivity (Wildman–Crippen MR) is 92.7 cm³/mol. The summed E-state index contributed by atoms with van der Waals surface area (Å²) >= 11 is 0. The zero-order chi connectivity index (χ0) is 20.6.